The first-order valence-corrected chi connectivity index (χ1v) is 27.5. The maximum absolute atomic E-state index is 10.4. The summed E-state index contributed by atoms with van der Waals surface area (Å²) >= 11 is 0. The van der Waals surface area contributed by atoms with E-state index in [1.165, 1.54) is 6.20 Å². The van der Waals surface area contributed by atoms with Crippen molar-refractivity contribution >= 4 is 44.6 Å². The van der Waals surface area contributed by atoms with E-state index in [9.17, 15) is 6.85 Å². The zero-order valence-electron chi connectivity index (χ0n) is 59.8. The van der Waals surface area contributed by atoms with Crippen molar-refractivity contribution in [3.63, 3.8) is 0 Å². The summed E-state index contributed by atoms with van der Waals surface area (Å²) in [5, 5.41) is 0.793. The zero-order chi connectivity index (χ0) is 65.8. The summed E-state index contributed by atoms with van der Waals surface area (Å²) in [7, 11) is 0. The molecule has 0 fully saturated rings. The van der Waals surface area contributed by atoms with E-state index in [1.807, 2.05) is 57.2 Å². The van der Waals surface area contributed by atoms with Crippen molar-refractivity contribution in [1.29, 1.82) is 0 Å². The highest BCUT2D eigenvalue weighted by atomic mass is 16.5. The van der Waals surface area contributed by atoms with Crippen LogP contribution in [0.15, 0.2) is 188 Å². The number of anilines is 4. The average Bonchev–Trinajstić information content (AvgIpc) is 1.69. The number of aromatic nitrogens is 2. The molecule has 79 heavy (non-hydrogen) atoms. The van der Waals surface area contributed by atoms with Crippen LogP contribution in [0.5, 0.6) is 11.5 Å². The normalized spacial score (nSPS) is 17.3. The highest BCUT2D eigenvalue weighted by molar-refractivity contribution is 6.09. The summed E-state index contributed by atoms with van der Waals surface area (Å²) in [6.45, 7) is 28.0. The van der Waals surface area contributed by atoms with Gasteiger partial charge in [-0.2, -0.15) is 0 Å². The number of nitrogens with zero attached hydrogens (tertiary/aromatic N) is 4. The number of fused-ring (bicyclic) bond motifs is 5. The summed E-state index contributed by atoms with van der Waals surface area (Å²) in [4.78, 5) is 9.41. The third-order valence-electron chi connectivity index (χ3n) is 16.3. The number of hydrogen-bond donors (Lipinski definition) is 0. The maximum Gasteiger partial charge on any atom is 0.137 e. The Kier molecular flexibility index (Phi) is 9.44. The summed E-state index contributed by atoms with van der Waals surface area (Å²) in [6, 6.07) is 33.3. The van der Waals surface area contributed by atoms with Gasteiger partial charge < -0.3 is 14.5 Å². The van der Waals surface area contributed by atoms with E-state index in [1.54, 1.807) is 28.8 Å². The molecule has 12 rings (SSSR count). The van der Waals surface area contributed by atoms with Crippen molar-refractivity contribution in [3.05, 3.63) is 216 Å². The second kappa shape index (κ2) is 18.9. The van der Waals surface area contributed by atoms with Crippen molar-refractivity contribution in [2.24, 2.45) is 0 Å². The van der Waals surface area contributed by atoms with Crippen LogP contribution in [-0.4, -0.2) is 16.2 Å². The first-order valence-electron chi connectivity index (χ1n) is 33.5. The standard InChI is InChI=1S/C74H76N4O/c1-70(2,3)51-26-21-25-49(39-51)58-41-52(71(4,5)6)42-59(50-33-36-61-63(40-50)74(12,13)38-37-73(61,10)11)69(58)77-47-76(65-31-19-20-32-66(65)77)53-27-22-28-54(43-53)79-55-34-35-57-56-29-17-18-30-64(56)78(67(57)44-55)68-45-62(72(7,8)9)60(46-75-68)48-23-15-14-16-24-48/h14-36,39-46H,37-38,47H2,1-13H3/i14D,15D,16D,17D,18D,23D,24D,29D,30D,33D,36D,40D. The largest absolute Gasteiger partial charge is 0.457 e. The Hall–Kier alpha value is -7.89. The summed E-state index contributed by atoms with van der Waals surface area (Å²) in [5.41, 5.74) is 9.95. The van der Waals surface area contributed by atoms with Crippen molar-refractivity contribution in [1.82, 2.24) is 9.55 Å². The second-order valence-corrected chi connectivity index (χ2v) is 25.9. The molecule has 0 bridgehead atoms. The van der Waals surface area contributed by atoms with Crippen molar-refractivity contribution in [2.75, 3.05) is 16.5 Å². The number of rotatable bonds is 8. The lowest BCUT2D eigenvalue weighted by molar-refractivity contribution is 0.332. The fraction of sp³-hybridized carbons (Fsp3) is 0.284. The molecule has 8 aromatic carbocycles. The fourth-order valence-corrected chi connectivity index (χ4v) is 11.6. The molecule has 0 saturated carbocycles. The molecule has 1 aliphatic heterocycles. The first-order chi connectivity index (χ1) is 42.5. The second-order valence-electron chi connectivity index (χ2n) is 25.9. The van der Waals surface area contributed by atoms with Gasteiger partial charge in [0.25, 0.3) is 0 Å². The third-order valence-corrected chi connectivity index (χ3v) is 16.3. The van der Waals surface area contributed by atoms with Crippen LogP contribution in [0.25, 0.3) is 61.0 Å². The summed E-state index contributed by atoms with van der Waals surface area (Å²) < 4.78 is 118. The maximum atomic E-state index is 10.4. The quantitative estimate of drug-likeness (QED) is 0.152. The van der Waals surface area contributed by atoms with E-state index >= 15 is 0 Å². The van der Waals surface area contributed by atoms with Crippen molar-refractivity contribution in [3.8, 4) is 50.7 Å². The van der Waals surface area contributed by atoms with E-state index in [4.69, 9.17) is 19.3 Å². The van der Waals surface area contributed by atoms with Crippen LogP contribution in [-0.2, 0) is 27.1 Å². The Morgan fingerprint density at radius 3 is 1.89 bits per heavy atom. The number of pyridine rings is 1. The summed E-state index contributed by atoms with van der Waals surface area (Å²) in [5.74, 6) is 1.17. The van der Waals surface area contributed by atoms with Crippen LogP contribution in [0.3, 0.4) is 0 Å². The van der Waals surface area contributed by atoms with Crippen LogP contribution in [0, 0.1) is 0 Å². The molecular weight excluding hydrogens is 961 g/mol. The zero-order valence-corrected chi connectivity index (χ0v) is 47.8. The van der Waals surface area contributed by atoms with Gasteiger partial charge in [-0.05, 0) is 145 Å². The van der Waals surface area contributed by atoms with Crippen molar-refractivity contribution < 1.29 is 21.2 Å². The van der Waals surface area contributed by atoms with Gasteiger partial charge in [0, 0.05) is 51.5 Å². The molecule has 2 aromatic heterocycles. The number of para-hydroxylation sites is 3. The molecule has 0 radical (unpaired) electrons. The molecule has 398 valence electrons. The first kappa shape index (κ1) is 39.5. The molecule has 5 nitrogen and oxygen atoms in total. The molecule has 1 aliphatic carbocycles. The SMILES string of the molecule is [2H]c1c([2H])c([2H])c(-c2cnc(-n3c4cc(Oc5cccc(N6CN(c7c(-c8cccc(C(C)(C)C)c8)cc(C(C)(C)C)cc7-c7c([2H])c([2H])c8c(c7[2H])C(C)(C)CCC8(C)C)c7ccccc76)c5)ccc4c4c([2H])c([2H])c([2H])c([2H])c43)cc2C(C)(C)C)c([2H])c1[2H]. The number of hydrogen-bond acceptors (Lipinski definition) is 4. The summed E-state index contributed by atoms with van der Waals surface area (Å²) in [6.07, 6.45) is 3.17. The monoisotopic (exact) mass is 1050 g/mol. The van der Waals surface area contributed by atoms with E-state index < -0.39 is 46.5 Å². The Morgan fingerprint density at radius 1 is 0.506 bits per heavy atom. The van der Waals surface area contributed by atoms with Gasteiger partial charge in [0.2, 0.25) is 0 Å². The number of benzene rings is 8. The molecule has 0 amide bonds. The van der Waals surface area contributed by atoms with Crippen LogP contribution in [0.1, 0.15) is 147 Å². The highest BCUT2D eigenvalue weighted by Gasteiger charge is 2.39. The third kappa shape index (κ3) is 9.39. The topological polar surface area (TPSA) is 33.5 Å². The lowest BCUT2D eigenvalue weighted by Crippen LogP contribution is -2.33. The molecule has 2 aliphatic rings. The smallest absolute Gasteiger partial charge is 0.137 e. The van der Waals surface area contributed by atoms with E-state index in [2.05, 4.69) is 128 Å². The predicted octanol–water partition coefficient (Wildman–Crippen LogP) is 20.5. The van der Waals surface area contributed by atoms with Gasteiger partial charge in [-0.3, -0.25) is 4.57 Å². The van der Waals surface area contributed by atoms with Crippen LogP contribution in [0.4, 0.5) is 22.7 Å². The predicted molar refractivity (Wildman–Crippen MR) is 335 cm³/mol. The fourth-order valence-electron chi connectivity index (χ4n) is 11.6. The van der Waals surface area contributed by atoms with Crippen LogP contribution < -0.4 is 14.5 Å². The van der Waals surface area contributed by atoms with E-state index in [-0.39, 0.29) is 69.4 Å². The Morgan fingerprint density at radius 2 is 1.16 bits per heavy atom. The molecule has 0 atom stereocenters. The van der Waals surface area contributed by atoms with Gasteiger partial charge in [0.15, 0.2) is 0 Å². The van der Waals surface area contributed by atoms with Gasteiger partial charge in [0.1, 0.15) is 24.0 Å². The molecule has 3 heterocycles. The van der Waals surface area contributed by atoms with Gasteiger partial charge in [0.05, 0.1) is 44.5 Å². The minimum Gasteiger partial charge on any atom is -0.457 e. The van der Waals surface area contributed by atoms with E-state index in [0.29, 0.717) is 51.8 Å². The van der Waals surface area contributed by atoms with Crippen LogP contribution >= 0.6 is 0 Å². The number of ether oxygens (including phenoxy) is 1. The van der Waals surface area contributed by atoms with Gasteiger partial charge in [-0.25, -0.2) is 4.98 Å². The Labute approximate surface area is 486 Å². The Balaban J connectivity index is 1.01. The van der Waals surface area contributed by atoms with Crippen molar-refractivity contribution in [2.45, 2.75) is 130 Å². The average molecular weight is 1050 g/mol. The molecule has 0 N–H and O–H groups in total. The molecule has 0 saturated heterocycles. The van der Waals surface area contributed by atoms with Gasteiger partial charge in [-0.15, -0.1) is 0 Å². The van der Waals surface area contributed by atoms with Gasteiger partial charge >= 0.3 is 0 Å². The molecular formula is C74H76N4O. The minimum atomic E-state index is -0.681. The van der Waals surface area contributed by atoms with E-state index in [0.717, 1.165) is 74.5 Å². The highest BCUT2D eigenvalue weighted by Crippen LogP contribution is 2.54. The lowest BCUT2D eigenvalue weighted by Gasteiger charge is -2.42. The Bertz CT molecular complexity index is 4690. The molecule has 0 spiro atoms. The lowest BCUT2D eigenvalue weighted by atomic mass is 9.63. The van der Waals surface area contributed by atoms with Gasteiger partial charge in [-0.1, -0.05) is 199 Å². The molecule has 0 unspecified atom stereocenters. The minimum absolute atomic E-state index is 0.000667. The molecule has 5 heteroatoms. The van der Waals surface area contributed by atoms with Crippen LogP contribution in [0.2, 0.25) is 0 Å². The molecule has 10 aromatic rings.